The second-order valence-corrected chi connectivity index (χ2v) is 9.27. The first kappa shape index (κ1) is 22.0. The number of fused-ring (bicyclic) bond motifs is 3. The van der Waals surface area contributed by atoms with Crippen LogP contribution in [0.4, 0.5) is 0 Å². The van der Waals surface area contributed by atoms with Crippen molar-refractivity contribution in [2.45, 2.75) is 39.2 Å². The van der Waals surface area contributed by atoms with Crippen LogP contribution in [0, 0.1) is 6.92 Å². The average Bonchev–Trinajstić information content (AvgIpc) is 3.23. The van der Waals surface area contributed by atoms with Crippen molar-refractivity contribution in [2.75, 3.05) is 26.4 Å². The molecule has 7 heteroatoms. The van der Waals surface area contributed by atoms with Gasteiger partial charge in [-0.1, -0.05) is 41.9 Å². The van der Waals surface area contributed by atoms with E-state index >= 15 is 0 Å². The number of likely N-dealkylation sites (tertiary alicyclic amines) is 1. The van der Waals surface area contributed by atoms with Gasteiger partial charge in [-0.3, -0.25) is 9.69 Å². The molecule has 1 aromatic heterocycles. The van der Waals surface area contributed by atoms with Gasteiger partial charge in [-0.25, -0.2) is 4.79 Å². The number of halogens is 1. The molecule has 0 N–H and O–H groups in total. The molecule has 0 atom stereocenters. The maximum atomic E-state index is 13.0. The number of carbonyl (C=O) groups excluding carboxylic acids is 1. The van der Waals surface area contributed by atoms with Crippen LogP contribution in [0.2, 0.25) is 5.02 Å². The van der Waals surface area contributed by atoms with Gasteiger partial charge in [-0.05, 0) is 37.0 Å². The average molecular weight is 467 g/mol. The highest BCUT2D eigenvalue weighted by Gasteiger charge is 2.26. The van der Waals surface area contributed by atoms with E-state index in [9.17, 15) is 9.59 Å². The van der Waals surface area contributed by atoms with Gasteiger partial charge in [-0.15, -0.1) is 0 Å². The molecule has 1 saturated heterocycles. The summed E-state index contributed by atoms with van der Waals surface area (Å²) in [5, 5.41) is 1.37. The second kappa shape index (κ2) is 9.20. The van der Waals surface area contributed by atoms with Gasteiger partial charge < -0.3 is 14.1 Å². The summed E-state index contributed by atoms with van der Waals surface area (Å²) >= 11 is 6.59. The summed E-state index contributed by atoms with van der Waals surface area (Å²) in [6, 6.07) is 11.7. The Balaban J connectivity index is 1.41. The Morgan fingerprint density at radius 1 is 1.12 bits per heavy atom. The van der Waals surface area contributed by atoms with Gasteiger partial charge in [0.05, 0.1) is 10.6 Å². The van der Waals surface area contributed by atoms with Crippen LogP contribution in [0.5, 0.6) is 5.75 Å². The van der Waals surface area contributed by atoms with E-state index in [4.69, 9.17) is 20.8 Å². The number of hydrogen-bond donors (Lipinski definition) is 0. The van der Waals surface area contributed by atoms with E-state index in [0.717, 1.165) is 54.6 Å². The van der Waals surface area contributed by atoms with E-state index in [1.54, 1.807) is 0 Å². The van der Waals surface area contributed by atoms with Gasteiger partial charge in [0.15, 0.2) is 0 Å². The number of rotatable bonds is 6. The van der Waals surface area contributed by atoms with Crippen molar-refractivity contribution in [3.05, 3.63) is 74.1 Å². The number of hydrogen-bond acceptors (Lipinski definition) is 5. The van der Waals surface area contributed by atoms with Crippen LogP contribution in [0.3, 0.4) is 0 Å². The van der Waals surface area contributed by atoms with Crippen LogP contribution in [-0.4, -0.2) is 42.1 Å². The molecule has 0 saturated carbocycles. The summed E-state index contributed by atoms with van der Waals surface area (Å²) in [5.74, 6) is 0.838. The summed E-state index contributed by atoms with van der Waals surface area (Å²) in [5.41, 5.74) is 3.63. The van der Waals surface area contributed by atoms with E-state index in [2.05, 4.69) is 4.90 Å². The number of ether oxygens (including phenoxy) is 1. The monoisotopic (exact) mass is 466 g/mol. The minimum Gasteiger partial charge on any atom is -0.476 e. The smallest absolute Gasteiger partial charge is 0.340 e. The van der Waals surface area contributed by atoms with E-state index in [1.165, 1.54) is 0 Å². The summed E-state index contributed by atoms with van der Waals surface area (Å²) in [4.78, 5) is 28.9. The molecule has 0 radical (unpaired) electrons. The van der Waals surface area contributed by atoms with Crippen molar-refractivity contribution in [1.82, 2.24) is 9.80 Å². The van der Waals surface area contributed by atoms with Gasteiger partial charge >= 0.3 is 5.63 Å². The highest BCUT2D eigenvalue weighted by atomic mass is 35.5. The van der Waals surface area contributed by atoms with Gasteiger partial charge in [0.2, 0.25) is 5.91 Å². The molecule has 0 bridgehead atoms. The Morgan fingerprint density at radius 3 is 2.70 bits per heavy atom. The molecule has 1 amide bonds. The van der Waals surface area contributed by atoms with Crippen molar-refractivity contribution < 1.29 is 13.9 Å². The van der Waals surface area contributed by atoms with E-state index in [-0.39, 0.29) is 11.5 Å². The molecule has 0 unspecified atom stereocenters. The second-order valence-electron chi connectivity index (χ2n) is 8.86. The van der Waals surface area contributed by atoms with Gasteiger partial charge in [0.1, 0.15) is 18.1 Å². The highest BCUT2D eigenvalue weighted by molar-refractivity contribution is 6.33. The minimum atomic E-state index is -0.321. The van der Waals surface area contributed by atoms with Crippen molar-refractivity contribution in [3.8, 4) is 5.75 Å². The first-order chi connectivity index (χ1) is 16.0. The highest BCUT2D eigenvalue weighted by Crippen LogP contribution is 2.39. The fraction of sp³-hybridized carbons (Fsp3) is 0.385. The van der Waals surface area contributed by atoms with Gasteiger partial charge in [-0.2, -0.15) is 0 Å². The van der Waals surface area contributed by atoms with Crippen molar-refractivity contribution in [1.29, 1.82) is 0 Å². The molecule has 0 spiro atoms. The van der Waals surface area contributed by atoms with Crippen LogP contribution in [0.15, 0.2) is 45.6 Å². The third-order valence-electron chi connectivity index (χ3n) is 6.65. The predicted molar refractivity (Wildman–Crippen MR) is 128 cm³/mol. The number of amides is 1. The quantitative estimate of drug-likeness (QED) is 0.500. The molecular weight excluding hydrogens is 440 g/mol. The number of carbonyl (C=O) groups is 1. The molecule has 2 aliphatic rings. The largest absolute Gasteiger partial charge is 0.476 e. The van der Waals surface area contributed by atoms with Crippen LogP contribution in [0.25, 0.3) is 11.0 Å². The Morgan fingerprint density at radius 2 is 1.94 bits per heavy atom. The van der Waals surface area contributed by atoms with E-state index < -0.39 is 0 Å². The van der Waals surface area contributed by atoms with E-state index in [0.29, 0.717) is 48.0 Å². The lowest BCUT2D eigenvalue weighted by Gasteiger charge is -2.30. The summed E-state index contributed by atoms with van der Waals surface area (Å²) < 4.78 is 11.8. The third-order valence-corrected chi connectivity index (χ3v) is 6.93. The van der Waals surface area contributed by atoms with E-state index in [1.807, 2.05) is 48.2 Å². The Bertz CT molecular complexity index is 1250. The van der Waals surface area contributed by atoms with Crippen molar-refractivity contribution in [3.63, 3.8) is 0 Å². The molecule has 2 aliphatic heterocycles. The summed E-state index contributed by atoms with van der Waals surface area (Å²) in [6.07, 6.45) is 2.99. The maximum Gasteiger partial charge on any atom is 0.340 e. The maximum absolute atomic E-state index is 13.0. The number of aryl methyl sites for hydroxylation is 1. The molecule has 33 heavy (non-hydrogen) atoms. The standard InChI is InChI=1S/C26H27ClN2O4/c1-17-19-14-22(27)25-21(15-28(16-32-25)10-6-12-29-11-5-9-23(29)30)24(19)33-26(31)20(17)13-18-7-3-2-4-8-18/h2-4,7-8,14H,5-6,9-13,15-16H2,1H3. The lowest BCUT2D eigenvalue weighted by molar-refractivity contribution is -0.127. The minimum absolute atomic E-state index is 0.247. The first-order valence-corrected chi connectivity index (χ1v) is 11.8. The zero-order chi connectivity index (χ0) is 22.9. The van der Waals surface area contributed by atoms with Crippen LogP contribution in [0.1, 0.15) is 41.5 Å². The van der Waals surface area contributed by atoms with Crippen molar-refractivity contribution in [2.24, 2.45) is 0 Å². The molecule has 6 nitrogen and oxygen atoms in total. The summed E-state index contributed by atoms with van der Waals surface area (Å²) in [7, 11) is 0. The Kier molecular flexibility index (Phi) is 6.13. The lowest BCUT2D eigenvalue weighted by atomic mass is 9.97. The molecule has 2 aromatic carbocycles. The fourth-order valence-electron chi connectivity index (χ4n) is 4.83. The topological polar surface area (TPSA) is 63.0 Å². The normalized spacial score (nSPS) is 16.3. The molecule has 3 aromatic rings. The summed E-state index contributed by atoms with van der Waals surface area (Å²) in [6.45, 7) is 5.35. The number of nitrogens with zero attached hydrogens (tertiary/aromatic N) is 2. The predicted octanol–water partition coefficient (Wildman–Crippen LogP) is 4.51. The van der Waals surface area contributed by atoms with Crippen LogP contribution < -0.4 is 10.4 Å². The van der Waals surface area contributed by atoms with Gasteiger partial charge in [0.25, 0.3) is 0 Å². The molecule has 5 rings (SSSR count). The Labute approximate surface area is 197 Å². The zero-order valence-electron chi connectivity index (χ0n) is 18.7. The molecule has 3 heterocycles. The fourth-order valence-corrected chi connectivity index (χ4v) is 5.11. The molecule has 1 fully saturated rings. The number of benzene rings is 2. The van der Waals surface area contributed by atoms with Crippen LogP contribution >= 0.6 is 11.6 Å². The Hall–Kier alpha value is -2.83. The van der Waals surface area contributed by atoms with Crippen LogP contribution in [-0.2, 0) is 17.8 Å². The SMILES string of the molecule is Cc1c(Cc2ccccc2)c(=O)oc2c3c(c(Cl)cc12)OCN(CCCN1CCCC1=O)C3. The molecule has 172 valence electrons. The zero-order valence-corrected chi connectivity index (χ0v) is 19.5. The van der Waals surface area contributed by atoms with Gasteiger partial charge in [0, 0.05) is 50.0 Å². The first-order valence-electron chi connectivity index (χ1n) is 11.5. The van der Waals surface area contributed by atoms with Crippen molar-refractivity contribution >= 4 is 28.5 Å². The third kappa shape index (κ3) is 4.37. The molecular formula is C26H27ClN2O4. The molecule has 0 aliphatic carbocycles. The lowest BCUT2D eigenvalue weighted by Crippen LogP contribution is -2.35.